The van der Waals surface area contributed by atoms with E-state index >= 15 is 0 Å². The van der Waals surface area contributed by atoms with E-state index in [4.69, 9.17) is 0 Å². The molecule has 1 aromatic carbocycles. The minimum atomic E-state index is -4.42. The summed E-state index contributed by atoms with van der Waals surface area (Å²) in [5, 5.41) is 0. The zero-order valence-electron chi connectivity index (χ0n) is 14.0. The Balaban J connectivity index is 0.000000585. The molecule has 6 heteroatoms. The van der Waals surface area contributed by atoms with Crippen LogP contribution in [0.3, 0.4) is 0 Å². The Labute approximate surface area is 140 Å². The van der Waals surface area contributed by atoms with Gasteiger partial charge in [-0.15, -0.1) is 0 Å². The lowest BCUT2D eigenvalue weighted by Crippen LogP contribution is -2.47. The van der Waals surface area contributed by atoms with Crippen LogP contribution in [0.5, 0.6) is 0 Å². The van der Waals surface area contributed by atoms with Gasteiger partial charge in [-0.05, 0) is 26.0 Å². The summed E-state index contributed by atoms with van der Waals surface area (Å²) in [7, 11) is -4.42. The molecule has 1 aromatic rings. The van der Waals surface area contributed by atoms with Crippen molar-refractivity contribution < 1.29 is 21.6 Å². The van der Waals surface area contributed by atoms with Crippen LogP contribution >= 0.6 is 0 Å². The van der Waals surface area contributed by atoms with Gasteiger partial charge in [0, 0.05) is 5.56 Å². The number of likely N-dealkylation sites (N-methyl/N-ethyl adjacent to an activating group) is 1. The van der Waals surface area contributed by atoms with Gasteiger partial charge >= 0.3 is 0 Å². The van der Waals surface area contributed by atoms with Crippen LogP contribution in [0.2, 0.25) is 0 Å². The summed E-state index contributed by atoms with van der Waals surface area (Å²) in [4.78, 5) is 0. The minimum Gasteiger partial charge on any atom is -0.726 e. The summed E-state index contributed by atoms with van der Waals surface area (Å²) in [5.41, 5.74) is 1.38. The molecule has 130 valence electrons. The third-order valence-corrected chi connectivity index (χ3v) is 3.85. The summed E-state index contributed by atoms with van der Waals surface area (Å²) in [5.74, 6) is 0. The third-order valence-electron chi connectivity index (χ3n) is 3.33. The summed E-state index contributed by atoms with van der Waals surface area (Å²) in [6, 6.07) is 10.6. The second kappa shape index (κ2) is 11.1. The largest absolute Gasteiger partial charge is 0.726 e. The molecule has 1 rings (SSSR count). The molecule has 5 nitrogen and oxygen atoms in total. The Bertz CT molecular complexity index is 545. The van der Waals surface area contributed by atoms with Crippen molar-refractivity contribution in [3.63, 3.8) is 0 Å². The number of benzene rings is 1. The molecule has 0 spiro atoms. The van der Waals surface area contributed by atoms with Crippen LogP contribution < -0.4 is 0 Å². The Hall–Kier alpha value is -1.47. The van der Waals surface area contributed by atoms with Gasteiger partial charge < -0.3 is 9.04 Å². The Morgan fingerprint density at radius 2 is 1.65 bits per heavy atom. The molecule has 0 heterocycles. The predicted octanol–water partition coefficient (Wildman–Crippen LogP) is 2.88. The van der Waals surface area contributed by atoms with Crippen LogP contribution in [0.15, 0.2) is 55.6 Å². The van der Waals surface area contributed by atoms with Gasteiger partial charge in [0.25, 0.3) is 0 Å². The van der Waals surface area contributed by atoms with Crippen LogP contribution in [-0.2, 0) is 21.1 Å². The molecule has 0 atom stereocenters. The molecule has 0 aromatic heterocycles. The number of rotatable bonds is 9. The third kappa shape index (κ3) is 10.0. The first-order valence-corrected chi connectivity index (χ1v) is 8.87. The van der Waals surface area contributed by atoms with Crippen molar-refractivity contribution in [3.05, 3.63) is 61.2 Å². The van der Waals surface area contributed by atoms with Crippen molar-refractivity contribution in [1.82, 2.24) is 0 Å². The minimum absolute atomic E-state index is 0.0914. The smallest absolute Gasteiger partial charge is 0.217 e. The lowest BCUT2D eigenvalue weighted by atomic mass is 10.1. The predicted molar refractivity (Wildman–Crippen MR) is 92.4 cm³/mol. The van der Waals surface area contributed by atoms with Gasteiger partial charge in [0.15, 0.2) is 0 Å². The van der Waals surface area contributed by atoms with Gasteiger partial charge in [0.2, 0.25) is 10.4 Å². The van der Waals surface area contributed by atoms with Crippen molar-refractivity contribution in [1.29, 1.82) is 0 Å². The van der Waals surface area contributed by atoms with E-state index in [1.807, 2.05) is 12.2 Å². The van der Waals surface area contributed by atoms with Crippen molar-refractivity contribution in [2.45, 2.75) is 20.4 Å². The zero-order valence-corrected chi connectivity index (χ0v) is 14.8. The van der Waals surface area contributed by atoms with E-state index in [1.54, 1.807) is 0 Å². The SMILES string of the molecule is C=CC[N+](CC)(CC=C)Cc1ccccc1.CCOS(=O)(=O)[O-]. The summed E-state index contributed by atoms with van der Waals surface area (Å²) >= 11 is 0. The maximum absolute atomic E-state index is 9.45. The fourth-order valence-corrected chi connectivity index (χ4v) is 2.53. The van der Waals surface area contributed by atoms with Crippen LogP contribution in [0, 0.1) is 0 Å². The highest BCUT2D eigenvalue weighted by Crippen LogP contribution is 2.14. The summed E-state index contributed by atoms with van der Waals surface area (Å²) in [6.07, 6.45) is 4.02. The first kappa shape index (κ1) is 21.5. The lowest BCUT2D eigenvalue weighted by Gasteiger charge is -2.36. The monoisotopic (exact) mass is 341 g/mol. The van der Waals surface area contributed by atoms with E-state index < -0.39 is 10.4 Å². The topological polar surface area (TPSA) is 66.4 Å². The van der Waals surface area contributed by atoms with Crippen molar-refractivity contribution in [3.8, 4) is 0 Å². The zero-order chi connectivity index (χ0) is 17.8. The van der Waals surface area contributed by atoms with E-state index in [9.17, 15) is 13.0 Å². The van der Waals surface area contributed by atoms with Crippen molar-refractivity contribution in [2.75, 3.05) is 26.2 Å². The molecule has 0 aliphatic carbocycles. The van der Waals surface area contributed by atoms with E-state index in [0.29, 0.717) is 0 Å². The number of hydrogen-bond acceptors (Lipinski definition) is 4. The highest BCUT2D eigenvalue weighted by atomic mass is 32.3. The molecule has 0 aliphatic heterocycles. The maximum atomic E-state index is 9.45. The van der Waals surface area contributed by atoms with Gasteiger partial charge in [-0.1, -0.05) is 43.5 Å². The standard InChI is InChI=1S/C15H22N.C2H6O4S/c1-4-12-16(6-3,13-5-2)14-15-10-8-7-9-11-15;1-2-6-7(3,4)5/h4-5,7-11H,1-2,6,12-14H2,3H3;2H2,1H3,(H,3,4,5)/q+1;/p-1. The van der Waals surface area contributed by atoms with Gasteiger partial charge in [-0.2, -0.15) is 0 Å². The lowest BCUT2D eigenvalue weighted by molar-refractivity contribution is -0.928. The summed E-state index contributed by atoms with van der Waals surface area (Å²) in [6.45, 7) is 15.5. The van der Waals surface area contributed by atoms with Crippen molar-refractivity contribution >= 4 is 10.4 Å². The van der Waals surface area contributed by atoms with Crippen LogP contribution in [0.25, 0.3) is 0 Å². The first-order chi connectivity index (χ1) is 10.8. The van der Waals surface area contributed by atoms with Gasteiger partial charge in [0.1, 0.15) is 6.54 Å². The molecule has 0 unspecified atom stereocenters. The second-order valence-corrected chi connectivity index (χ2v) is 6.11. The van der Waals surface area contributed by atoms with Gasteiger partial charge in [-0.3, -0.25) is 4.18 Å². The molecule has 0 saturated carbocycles. The van der Waals surface area contributed by atoms with Gasteiger partial charge in [0.05, 0.1) is 26.2 Å². The van der Waals surface area contributed by atoms with Gasteiger partial charge in [-0.25, -0.2) is 8.42 Å². The Morgan fingerprint density at radius 3 is 1.96 bits per heavy atom. The fraction of sp³-hybridized carbons (Fsp3) is 0.412. The molecular formula is C17H27NO4S. The molecule has 0 radical (unpaired) electrons. The number of hydrogen-bond donors (Lipinski definition) is 0. The van der Waals surface area contributed by atoms with Crippen LogP contribution in [0.1, 0.15) is 19.4 Å². The van der Waals surface area contributed by atoms with E-state index in [1.165, 1.54) is 12.5 Å². The molecule has 0 saturated heterocycles. The first-order valence-electron chi connectivity index (χ1n) is 7.53. The van der Waals surface area contributed by atoms with E-state index in [0.717, 1.165) is 30.7 Å². The average molecular weight is 341 g/mol. The molecule has 0 aliphatic rings. The second-order valence-electron chi connectivity index (χ2n) is 5.06. The molecule has 23 heavy (non-hydrogen) atoms. The molecule has 0 N–H and O–H groups in total. The molecule has 0 fully saturated rings. The van der Waals surface area contributed by atoms with E-state index in [2.05, 4.69) is 54.6 Å². The molecule has 0 amide bonds. The fourth-order valence-electron chi connectivity index (χ4n) is 2.24. The van der Waals surface area contributed by atoms with E-state index in [-0.39, 0.29) is 6.61 Å². The van der Waals surface area contributed by atoms with Crippen LogP contribution in [-0.4, -0.2) is 43.7 Å². The Morgan fingerprint density at radius 1 is 1.13 bits per heavy atom. The van der Waals surface area contributed by atoms with Crippen LogP contribution in [0.4, 0.5) is 0 Å². The molecular weight excluding hydrogens is 314 g/mol. The molecule has 0 bridgehead atoms. The normalized spacial score (nSPS) is 11.3. The Kier molecular flexibility index (Phi) is 10.4. The maximum Gasteiger partial charge on any atom is 0.217 e. The number of quaternary nitrogens is 1. The highest BCUT2D eigenvalue weighted by Gasteiger charge is 2.22. The quantitative estimate of drug-likeness (QED) is 0.300. The number of nitrogens with zero attached hydrogens (tertiary/aromatic N) is 1. The van der Waals surface area contributed by atoms with Crippen molar-refractivity contribution in [2.24, 2.45) is 0 Å². The summed E-state index contributed by atoms with van der Waals surface area (Å²) < 4.78 is 33.0. The average Bonchev–Trinajstić information content (AvgIpc) is 2.48. The highest BCUT2D eigenvalue weighted by molar-refractivity contribution is 7.80.